The first-order chi connectivity index (χ1) is 9.06. The normalized spacial score (nSPS) is 12.6. The highest BCUT2D eigenvalue weighted by atomic mass is 16.4. The van der Waals surface area contributed by atoms with Gasteiger partial charge >= 0.3 is 5.76 Å². The van der Waals surface area contributed by atoms with E-state index in [1.165, 1.54) is 0 Å². The number of anilines is 1. The molecule has 0 bridgehead atoms. The average molecular weight is 263 g/mol. The van der Waals surface area contributed by atoms with Gasteiger partial charge in [-0.05, 0) is 24.6 Å². The van der Waals surface area contributed by atoms with E-state index in [-0.39, 0.29) is 11.8 Å². The van der Waals surface area contributed by atoms with Crippen molar-refractivity contribution in [2.24, 2.45) is 11.7 Å². The fraction of sp³-hybridized carbons (Fsp3) is 0.385. The van der Waals surface area contributed by atoms with Crippen molar-refractivity contribution in [1.82, 2.24) is 4.98 Å². The number of carbonyl (C=O) groups excluding carboxylic acids is 1. The Morgan fingerprint density at radius 2 is 2.26 bits per heavy atom. The molecule has 0 saturated heterocycles. The zero-order valence-electron chi connectivity index (χ0n) is 11.0. The second-order valence-electron chi connectivity index (χ2n) is 4.43. The van der Waals surface area contributed by atoms with Crippen LogP contribution in [0, 0.1) is 5.92 Å². The minimum Gasteiger partial charge on any atom is -0.408 e. The molecule has 0 spiro atoms. The van der Waals surface area contributed by atoms with Gasteiger partial charge in [0.05, 0.1) is 11.4 Å². The van der Waals surface area contributed by atoms with E-state index < -0.39 is 5.76 Å². The molecular formula is C13H17N3O3. The van der Waals surface area contributed by atoms with Crippen molar-refractivity contribution in [2.45, 2.75) is 13.3 Å². The molecule has 0 aliphatic carbocycles. The van der Waals surface area contributed by atoms with Gasteiger partial charge < -0.3 is 15.1 Å². The summed E-state index contributed by atoms with van der Waals surface area (Å²) in [5.41, 5.74) is 7.32. The monoisotopic (exact) mass is 263 g/mol. The summed E-state index contributed by atoms with van der Waals surface area (Å²) in [5, 5.41) is 0. The summed E-state index contributed by atoms with van der Waals surface area (Å²) in [6, 6.07) is 5.11. The zero-order chi connectivity index (χ0) is 14.0. The number of rotatable bonds is 4. The Hall–Kier alpha value is -2.08. The molecule has 0 radical (unpaired) electrons. The van der Waals surface area contributed by atoms with Crippen LogP contribution in [0.5, 0.6) is 0 Å². The highest BCUT2D eigenvalue weighted by molar-refractivity contribution is 5.96. The lowest BCUT2D eigenvalue weighted by Crippen LogP contribution is -2.36. The summed E-state index contributed by atoms with van der Waals surface area (Å²) < 4.78 is 4.92. The highest BCUT2D eigenvalue weighted by Gasteiger charge is 2.20. The summed E-state index contributed by atoms with van der Waals surface area (Å²) in [5.74, 6) is -0.728. The number of nitrogens with two attached hydrogens (primary N) is 1. The smallest absolute Gasteiger partial charge is 0.408 e. The quantitative estimate of drug-likeness (QED) is 0.863. The number of hydrogen-bond donors (Lipinski definition) is 2. The molecule has 6 nitrogen and oxygen atoms in total. The Balaban J connectivity index is 2.32. The molecule has 6 heteroatoms. The number of hydrogen-bond acceptors (Lipinski definition) is 4. The third kappa shape index (κ3) is 2.53. The third-order valence-corrected chi connectivity index (χ3v) is 3.25. The van der Waals surface area contributed by atoms with E-state index in [2.05, 4.69) is 4.98 Å². The summed E-state index contributed by atoms with van der Waals surface area (Å²) in [4.78, 5) is 27.4. The van der Waals surface area contributed by atoms with E-state index in [9.17, 15) is 9.59 Å². The molecule has 2 aromatic rings. The number of aromatic nitrogens is 1. The summed E-state index contributed by atoms with van der Waals surface area (Å²) in [6.45, 7) is 2.25. The molecule has 19 heavy (non-hydrogen) atoms. The second-order valence-corrected chi connectivity index (χ2v) is 4.43. The van der Waals surface area contributed by atoms with Crippen LogP contribution < -0.4 is 16.4 Å². The lowest BCUT2D eigenvalue weighted by atomic mass is 10.1. The average Bonchev–Trinajstić information content (AvgIpc) is 2.78. The third-order valence-electron chi connectivity index (χ3n) is 3.25. The van der Waals surface area contributed by atoms with Crippen molar-refractivity contribution < 1.29 is 9.21 Å². The number of H-pyrrole nitrogens is 1. The maximum Gasteiger partial charge on any atom is 0.417 e. The molecule has 0 fully saturated rings. The van der Waals surface area contributed by atoms with Gasteiger partial charge in [-0.2, -0.15) is 0 Å². The standard InChI is InChI=1S/C13H17N3O3/c1-3-8(7-14)12(17)16(2)9-4-5-11-10(6-9)15-13(18)19-11/h4-6,8H,3,7,14H2,1-2H3,(H,15,18). The number of fused-ring (bicyclic) bond motifs is 1. The van der Waals surface area contributed by atoms with Crippen molar-refractivity contribution in [1.29, 1.82) is 0 Å². The zero-order valence-corrected chi connectivity index (χ0v) is 11.0. The van der Waals surface area contributed by atoms with Gasteiger partial charge in [-0.25, -0.2) is 4.79 Å². The van der Waals surface area contributed by atoms with Gasteiger partial charge in [0, 0.05) is 19.3 Å². The van der Waals surface area contributed by atoms with Crippen LogP contribution in [0.3, 0.4) is 0 Å². The predicted octanol–water partition coefficient (Wildman–Crippen LogP) is 1.07. The molecule has 1 heterocycles. The number of nitrogens with zero attached hydrogens (tertiary/aromatic N) is 1. The number of oxazole rings is 1. The molecule has 1 unspecified atom stereocenters. The Labute approximate surface area is 110 Å². The molecule has 0 aliphatic heterocycles. The van der Waals surface area contributed by atoms with Gasteiger partial charge in [0.25, 0.3) is 0 Å². The van der Waals surface area contributed by atoms with Crippen LogP contribution in [0.1, 0.15) is 13.3 Å². The van der Waals surface area contributed by atoms with Crippen LogP contribution in [0.15, 0.2) is 27.4 Å². The molecule has 3 N–H and O–H groups in total. The Bertz CT molecular complexity index is 640. The van der Waals surface area contributed by atoms with Crippen LogP contribution in [-0.2, 0) is 4.79 Å². The van der Waals surface area contributed by atoms with E-state index in [0.29, 0.717) is 29.8 Å². The second kappa shape index (κ2) is 5.27. The summed E-state index contributed by atoms with van der Waals surface area (Å²) in [7, 11) is 1.69. The highest BCUT2D eigenvalue weighted by Crippen LogP contribution is 2.21. The number of aromatic amines is 1. The van der Waals surface area contributed by atoms with Crippen LogP contribution in [0.2, 0.25) is 0 Å². The molecule has 1 amide bonds. The fourth-order valence-electron chi connectivity index (χ4n) is 1.99. The van der Waals surface area contributed by atoms with Crippen LogP contribution in [-0.4, -0.2) is 24.5 Å². The van der Waals surface area contributed by atoms with Gasteiger partial charge in [-0.3, -0.25) is 9.78 Å². The van der Waals surface area contributed by atoms with Crippen molar-refractivity contribution in [3.8, 4) is 0 Å². The first kappa shape index (κ1) is 13.4. The van der Waals surface area contributed by atoms with Gasteiger partial charge in [0.2, 0.25) is 5.91 Å². The first-order valence-electron chi connectivity index (χ1n) is 6.17. The molecule has 102 valence electrons. The van der Waals surface area contributed by atoms with Crippen molar-refractivity contribution in [3.05, 3.63) is 28.7 Å². The summed E-state index contributed by atoms with van der Waals surface area (Å²) >= 11 is 0. The van der Waals surface area contributed by atoms with Crippen LogP contribution in [0.25, 0.3) is 11.1 Å². The van der Waals surface area contributed by atoms with Crippen molar-refractivity contribution >= 4 is 22.7 Å². The topological polar surface area (TPSA) is 92.3 Å². The number of amides is 1. The SMILES string of the molecule is CCC(CN)C(=O)N(C)c1ccc2oc(=O)[nH]c2c1. The van der Waals surface area contributed by atoms with Gasteiger partial charge in [0.15, 0.2) is 5.58 Å². The number of carbonyl (C=O) groups is 1. The molecule has 1 aromatic heterocycles. The van der Waals surface area contributed by atoms with Crippen LogP contribution in [0.4, 0.5) is 5.69 Å². The van der Waals surface area contributed by atoms with Gasteiger partial charge in [-0.15, -0.1) is 0 Å². The van der Waals surface area contributed by atoms with E-state index in [0.717, 1.165) is 0 Å². The number of benzene rings is 1. The maximum absolute atomic E-state index is 12.2. The van der Waals surface area contributed by atoms with E-state index >= 15 is 0 Å². The predicted molar refractivity (Wildman–Crippen MR) is 73.1 cm³/mol. The van der Waals surface area contributed by atoms with E-state index in [1.807, 2.05) is 6.92 Å². The lowest BCUT2D eigenvalue weighted by Gasteiger charge is -2.22. The Morgan fingerprint density at radius 1 is 1.53 bits per heavy atom. The largest absolute Gasteiger partial charge is 0.417 e. The maximum atomic E-state index is 12.2. The van der Waals surface area contributed by atoms with Gasteiger partial charge in [-0.1, -0.05) is 6.92 Å². The Morgan fingerprint density at radius 3 is 2.89 bits per heavy atom. The van der Waals surface area contributed by atoms with Crippen molar-refractivity contribution in [3.63, 3.8) is 0 Å². The molecule has 2 rings (SSSR count). The minimum atomic E-state index is -0.505. The van der Waals surface area contributed by atoms with Crippen molar-refractivity contribution in [2.75, 3.05) is 18.5 Å². The lowest BCUT2D eigenvalue weighted by molar-refractivity contribution is -0.121. The molecule has 0 saturated carbocycles. The van der Waals surface area contributed by atoms with Gasteiger partial charge in [0.1, 0.15) is 0 Å². The van der Waals surface area contributed by atoms with Crippen LogP contribution >= 0.6 is 0 Å². The molecular weight excluding hydrogens is 246 g/mol. The minimum absolute atomic E-state index is 0.0322. The molecule has 0 aliphatic rings. The van der Waals surface area contributed by atoms with E-state index in [4.69, 9.17) is 10.2 Å². The Kier molecular flexibility index (Phi) is 3.71. The fourth-order valence-corrected chi connectivity index (χ4v) is 1.99. The molecule has 1 aromatic carbocycles. The first-order valence-corrected chi connectivity index (χ1v) is 6.17. The molecule has 1 atom stereocenters. The number of nitrogens with one attached hydrogen (secondary N) is 1. The van der Waals surface area contributed by atoms with E-state index in [1.54, 1.807) is 30.1 Å². The summed E-state index contributed by atoms with van der Waals surface area (Å²) in [6.07, 6.45) is 0.699.